The highest BCUT2D eigenvalue weighted by Gasteiger charge is 2.24. The Morgan fingerprint density at radius 1 is 1.14 bits per heavy atom. The monoisotopic (exact) mass is 395 g/mol. The maximum Gasteiger partial charge on any atom is 0.253 e. The van der Waals surface area contributed by atoms with Crippen molar-refractivity contribution < 1.29 is 13.6 Å². The Morgan fingerprint density at radius 2 is 1.97 bits per heavy atom. The molecule has 4 nitrogen and oxygen atoms in total. The Kier molecular flexibility index (Phi) is 5.69. The Labute approximate surface area is 168 Å². The number of carbonyl (C=O) groups excluding carboxylic acids is 1. The van der Waals surface area contributed by atoms with E-state index in [0.29, 0.717) is 30.0 Å². The lowest BCUT2D eigenvalue weighted by atomic mass is 9.91. The van der Waals surface area contributed by atoms with E-state index in [0.717, 1.165) is 43.1 Å². The molecule has 0 unspecified atom stereocenters. The molecule has 0 spiro atoms. The van der Waals surface area contributed by atoms with Crippen LogP contribution in [-0.2, 0) is 6.42 Å². The summed E-state index contributed by atoms with van der Waals surface area (Å²) in [5.41, 5.74) is 3.09. The molecule has 150 valence electrons. The van der Waals surface area contributed by atoms with Gasteiger partial charge in [0, 0.05) is 30.9 Å². The highest BCUT2D eigenvalue weighted by molar-refractivity contribution is 5.94. The number of hydrogen-bond acceptors (Lipinski definition) is 2. The first-order valence-corrected chi connectivity index (χ1v) is 9.93. The number of piperidine rings is 1. The van der Waals surface area contributed by atoms with Gasteiger partial charge in [0.1, 0.15) is 11.6 Å². The molecule has 2 heterocycles. The van der Waals surface area contributed by atoms with Gasteiger partial charge in [-0.15, -0.1) is 0 Å². The molecule has 29 heavy (non-hydrogen) atoms. The summed E-state index contributed by atoms with van der Waals surface area (Å²) in [5.74, 6) is -0.703. The zero-order valence-corrected chi connectivity index (χ0v) is 16.1. The summed E-state index contributed by atoms with van der Waals surface area (Å²) in [5, 5.41) is 6.86. The minimum atomic E-state index is -0.556. The average Bonchev–Trinajstić information content (AvgIpc) is 3.28. The van der Waals surface area contributed by atoms with Crippen LogP contribution in [0.15, 0.2) is 54.7 Å². The van der Waals surface area contributed by atoms with Crippen LogP contribution in [0, 0.1) is 17.6 Å². The van der Waals surface area contributed by atoms with E-state index < -0.39 is 11.6 Å². The van der Waals surface area contributed by atoms with Crippen molar-refractivity contribution in [2.24, 2.45) is 5.92 Å². The van der Waals surface area contributed by atoms with Crippen molar-refractivity contribution >= 4 is 5.91 Å². The summed E-state index contributed by atoms with van der Waals surface area (Å²) >= 11 is 0. The number of hydrogen-bond donors (Lipinski definition) is 1. The zero-order valence-electron chi connectivity index (χ0n) is 16.1. The standard InChI is InChI=1S/C23H23F2N3O/c24-20-10-9-17(21(25)14-20)4-3-16-2-1-13-28(15-16)23(29)19-7-5-18(6-8-19)22-11-12-26-27-22/h5-12,14,16H,1-4,13,15H2,(H,26,27)/t16-/m0/s1. The van der Waals surface area contributed by atoms with E-state index in [4.69, 9.17) is 0 Å². The van der Waals surface area contributed by atoms with Gasteiger partial charge in [0.2, 0.25) is 0 Å². The molecule has 0 bridgehead atoms. The van der Waals surface area contributed by atoms with Crippen molar-refractivity contribution in [3.8, 4) is 11.3 Å². The SMILES string of the molecule is O=C(c1ccc(-c2ccn[nH]2)cc1)N1CCC[C@@H](CCc2ccc(F)cc2F)C1. The summed E-state index contributed by atoms with van der Waals surface area (Å²) in [4.78, 5) is 14.8. The fourth-order valence-corrected chi connectivity index (χ4v) is 3.96. The van der Waals surface area contributed by atoms with E-state index in [1.165, 1.54) is 12.1 Å². The number of benzene rings is 2. The number of nitrogens with one attached hydrogen (secondary N) is 1. The lowest BCUT2D eigenvalue weighted by molar-refractivity contribution is 0.0668. The number of rotatable bonds is 5. The van der Waals surface area contributed by atoms with Crippen LogP contribution in [0.1, 0.15) is 35.2 Å². The molecule has 1 saturated heterocycles. The predicted molar refractivity (Wildman–Crippen MR) is 107 cm³/mol. The molecule has 1 atom stereocenters. The number of aryl methyl sites for hydroxylation is 1. The molecule has 4 rings (SSSR count). The quantitative estimate of drug-likeness (QED) is 0.672. The number of carbonyl (C=O) groups is 1. The van der Waals surface area contributed by atoms with Gasteiger partial charge in [-0.2, -0.15) is 5.10 Å². The maximum atomic E-state index is 13.9. The molecule has 1 amide bonds. The Balaban J connectivity index is 1.36. The Bertz CT molecular complexity index is 970. The first-order chi connectivity index (χ1) is 14.1. The van der Waals surface area contributed by atoms with Crippen molar-refractivity contribution in [1.82, 2.24) is 15.1 Å². The van der Waals surface area contributed by atoms with Gasteiger partial charge in [-0.25, -0.2) is 8.78 Å². The van der Waals surface area contributed by atoms with Crippen molar-refractivity contribution in [2.75, 3.05) is 13.1 Å². The lowest BCUT2D eigenvalue weighted by Gasteiger charge is -2.33. The van der Waals surface area contributed by atoms with Crippen LogP contribution in [-0.4, -0.2) is 34.1 Å². The van der Waals surface area contributed by atoms with Gasteiger partial charge in [0.15, 0.2) is 0 Å². The van der Waals surface area contributed by atoms with Gasteiger partial charge in [-0.1, -0.05) is 18.2 Å². The summed E-state index contributed by atoms with van der Waals surface area (Å²) in [6.07, 6.45) is 4.99. The molecule has 1 aliphatic rings. The zero-order chi connectivity index (χ0) is 20.2. The van der Waals surface area contributed by atoms with Crippen LogP contribution >= 0.6 is 0 Å². The molecule has 2 aromatic carbocycles. The van der Waals surface area contributed by atoms with Crippen LogP contribution in [0.4, 0.5) is 8.78 Å². The molecule has 6 heteroatoms. The number of aromatic nitrogens is 2. The van der Waals surface area contributed by atoms with Crippen LogP contribution in [0.2, 0.25) is 0 Å². The molecule has 1 aliphatic heterocycles. The molecule has 0 radical (unpaired) electrons. The summed E-state index contributed by atoms with van der Waals surface area (Å²) in [6, 6.07) is 13.1. The van der Waals surface area contributed by atoms with E-state index in [1.807, 2.05) is 35.2 Å². The number of H-pyrrole nitrogens is 1. The second-order valence-electron chi connectivity index (χ2n) is 7.58. The maximum absolute atomic E-state index is 13.9. The van der Waals surface area contributed by atoms with Crippen LogP contribution in [0.3, 0.4) is 0 Å². The molecule has 0 saturated carbocycles. The third-order valence-corrected chi connectivity index (χ3v) is 5.59. The fraction of sp³-hybridized carbons (Fsp3) is 0.304. The summed E-state index contributed by atoms with van der Waals surface area (Å²) < 4.78 is 26.9. The predicted octanol–water partition coefficient (Wildman–Crippen LogP) is 4.84. The minimum Gasteiger partial charge on any atom is -0.338 e. The molecular weight excluding hydrogens is 372 g/mol. The van der Waals surface area contributed by atoms with Crippen LogP contribution < -0.4 is 0 Å². The van der Waals surface area contributed by atoms with Crippen molar-refractivity contribution in [3.63, 3.8) is 0 Å². The van der Waals surface area contributed by atoms with Crippen molar-refractivity contribution in [1.29, 1.82) is 0 Å². The van der Waals surface area contributed by atoms with E-state index in [-0.39, 0.29) is 5.91 Å². The molecule has 0 aliphatic carbocycles. The van der Waals surface area contributed by atoms with Crippen molar-refractivity contribution in [2.45, 2.75) is 25.7 Å². The molecule has 1 aromatic heterocycles. The van der Waals surface area contributed by atoms with E-state index in [2.05, 4.69) is 10.2 Å². The second-order valence-corrected chi connectivity index (χ2v) is 7.58. The molecule has 1 fully saturated rings. The van der Waals surface area contributed by atoms with Gasteiger partial charge >= 0.3 is 0 Å². The second kappa shape index (κ2) is 8.55. The normalized spacial score (nSPS) is 16.8. The smallest absolute Gasteiger partial charge is 0.253 e. The first-order valence-electron chi connectivity index (χ1n) is 9.93. The number of likely N-dealkylation sites (tertiary alicyclic amines) is 1. The minimum absolute atomic E-state index is 0.0267. The Hall–Kier alpha value is -3.02. The van der Waals surface area contributed by atoms with Crippen LogP contribution in [0.25, 0.3) is 11.3 Å². The third-order valence-electron chi connectivity index (χ3n) is 5.59. The van der Waals surface area contributed by atoms with Gasteiger partial charge in [-0.05, 0) is 67.0 Å². The third kappa shape index (κ3) is 4.53. The fourth-order valence-electron chi connectivity index (χ4n) is 3.96. The number of halogens is 2. The number of amides is 1. The first kappa shape index (κ1) is 19.3. The van der Waals surface area contributed by atoms with Crippen molar-refractivity contribution in [3.05, 3.63) is 77.5 Å². The average molecular weight is 395 g/mol. The topological polar surface area (TPSA) is 49.0 Å². The lowest BCUT2D eigenvalue weighted by Crippen LogP contribution is -2.40. The highest BCUT2D eigenvalue weighted by Crippen LogP contribution is 2.25. The Morgan fingerprint density at radius 3 is 2.69 bits per heavy atom. The van der Waals surface area contributed by atoms with E-state index in [1.54, 1.807) is 6.20 Å². The summed E-state index contributed by atoms with van der Waals surface area (Å²) in [7, 11) is 0. The molecular formula is C23H23F2N3O. The van der Waals surface area contributed by atoms with Gasteiger partial charge in [0.05, 0.1) is 5.69 Å². The number of aromatic amines is 1. The van der Waals surface area contributed by atoms with Gasteiger partial charge < -0.3 is 4.90 Å². The van der Waals surface area contributed by atoms with E-state index in [9.17, 15) is 13.6 Å². The van der Waals surface area contributed by atoms with E-state index >= 15 is 0 Å². The highest BCUT2D eigenvalue weighted by atomic mass is 19.1. The van der Waals surface area contributed by atoms with Gasteiger partial charge in [0.25, 0.3) is 5.91 Å². The van der Waals surface area contributed by atoms with Gasteiger partial charge in [-0.3, -0.25) is 9.89 Å². The summed E-state index contributed by atoms with van der Waals surface area (Å²) in [6.45, 7) is 1.41. The largest absolute Gasteiger partial charge is 0.338 e. The number of nitrogens with zero attached hydrogens (tertiary/aromatic N) is 2. The van der Waals surface area contributed by atoms with Crippen LogP contribution in [0.5, 0.6) is 0 Å². The molecule has 1 N–H and O–H groups in total. The molecule has 3 aromatic rings.